The lowest BCUT2D eigenvalue weighted by molar-refractivity contribution is -0.00199. The van der Waals surface area contributed by atoms with Gasteiger partial charge >= 0.3 is 0 Å². The monoisotopic (exact) mass is 435 g/mol. The van der Waals surface area contributed by atoms with Crippen LogP contribution in [0.2, 0.25) is 0 Å². The largest absolute Gasteiger partial charge is 0.368 e. The fraction of sp³-hybridized carbons (Fsp3) is 0.375. The molecule has 7 nitrogen and oxygen atoms in total. The van der Waals surface area contributed by atoms with Gasteiger partial charge in [-0.15, -0.1) is 5.10 Å². The summed E-state index contributed by atoms with van der Waals surface area (Å²) in [6.07, 6.45) is -0.242. The molecule has 2 aromatic carbocycles. The molecule has 166 valence electrons. The maximum Gasteiger partial charge on any atom is 0.276 e. The van der Waals surface area contributed by atoms with E-state index in [0.717, 1.165) is 18.7 Å². The summed E-state index contributed by atoms with van der Waals surface area (Å²) in [5.41, 5.74) is 5.67. The number of hydrogen-bond acceptors (Lipinski definition) is 5. The molecule has 0 bridgehead atoms. The highest BCUT2D eigenvalue weighted by atomic mass is 19.1. The number of anilines is 1. The van der Waals surface area contributed by atoms with E-state index in [9.17, 15) is 9.18 Å². The highest BCUT2D eigenvalue weighted by Crippen LogP contribution is 2.28. The van der Waals surface area contributed by atoms with E-state index in [1.807, 2.05) is 4.90 Å². The molecule has 3 aromatic rings. The van der Waals surface area contributed by atoms with Gasteiger partial charge in [-0.05, 0) is 43.2 Å². The zero-order valence-electron chi connectivity index (χ0n) is 18.3. The number of rotatable bonds is 3. The smallest absolute Gasteiger partial charge is 0.276 e. The number of piperazine rings is 1. The molecule has 2 aliphatic rings. The number of benzene rings is 2. The molecule has 0 spiro atoms. The quantitative estimate of drug-likeness (QED) is 0.632. The van der Waals surface area contributed by atoms with Crippen molar-refractivity contribution in [3.8, 4) is 0 Å². The Morgan fingerprint density at radius 3 is 2.53 bits per heavy atom. The first-order valence-corrected chi connectivity index (χ1v) is 10.9. The van der Waals surface area contributed by atoms with Crippen LogP contribution in [0.5, 0.6) is 0 Å². The topological polar surface area (TPSA) is 63.5 Å². The van der Waals surface area contributed by atoms with Crippen molar-refractivity contribution >= 4 is 11.6 Å². The van der Waals surface area contributed by atoms with E-state index < -0.39 is 0 Å². The highest BCUT2D eigenvalue weighted by molar-refractivity contribution is 5.93. The molecule has 0 aliphatic carbocycles. The molecular weight excluding hydrogens is 409 g/mol. The SMILES string of the molecule is Cc1ccc(N2CCN(C(=O)c3nnn4c3COC(c3ccc(F)cc3)C4)CC2)c(C)c1. The lowest BCUT2D eigenvalue weighted by Crippen LogP contribution is -2.49. The van der Waals surface area contributed by atoms with Gasteiger partial charge in [-0.2, -0.15) is 0 Å². The van der Waals surface area contributed by atoms with Crippen LogP contribution in [0.4, 0.5) is 10.1 Å². The number of carbonyl (C=O) groups excluding carboxylic acids is 1. The third-order valence-electron chi connectivity index (χ3n) is 6.30. The van der Waals surface area contributed by atoms with E-state index in [0.29, 0.717) is 31.0 Å². The van der Waals surface area contributed by atoms with E-state index in [-0.39, 0.29) is 24.4 Å². The first-order chi connectivity index (χ1) is 15.5. The Hall–Kier alpha value is -3.26. The van der Waals surface area contributed by atoms with Crippen LogP contribution in [0, 0.1) is 19.7 Å². The first kappa shape index (κ1) is 20.6. The summed E-state index contributed by atoms with van der Waals surface area (Å²) < 4.78 is 20.9. The molecule has 1 atom stereocenters. The molecule has 1 amide bonds. The van der Waals surface area contributed by atoms with Crippen molar-refractivity contribution < 1.29 is 13.9 Å². The molecule has 1 aromatic heterocycles. The molecule has 32 heavy (non-hydrogen) atoms. The maximum absolute atomic E-state index is 13.2. The average Bonchev–Trinajstić information content (AvgIpc) is 3.22. The van der Waals surface area contributed by atoms with Gasteiger partial charge in [-0.1, -0.05) is 35.0 Å². The zero-order chi connectivity index (χ0) is 22.2. The average molecular weight is 436 g/mol. The third-order valence-corrected chi connectivity index (χ3v) is 6.30. The standard InChI is InChI=1S/C24H26FN5O2/c1-16-3-8-20(17(2)13-16)28-9-11-29(12-10-28)24(31)23-21-15-32-22(14-30(21)27-26-23)18-4-6-19(25)7-5-18/h3-8,13,22H,9-12,14-15H2,1-2H3. The molecule has 0 saturated carbocycles. The fourth-order valence-corrected chi connectivity index (χ4v) is 4.52. The molecule has 3 heterocycles. The number of halogens is 1. The van der Waals surface area contributed by atoms with E-state index in [4.69, 9.17) is 4.74 Å². The fourth-order valence-electron chi connectivity index (χ4n) is 4.52. The molecule has 1 fully saturated rings. The van der Waals surface area contributed by atoms with Crippen LogP contribution >= 0.6 is 0 Å². The van der Waals surface area contributed by atoms with Crippen molar-refractivity contribution in [3.05, 3.63) is 76.4 Å². The molecule has 2 aliphatic heterocycles. The lowest BCUT2D eigenvalue weighted by atomic mass is 10.1. The van der Waals surface area contributed by atoms with Gasteiger partial charge in [-0.3, -0.25) is 4.79 Å². The number of amides is 1. The van der Waals surface area contributed by atoms with Crippen molar-refractivity contribution in [1.82, 2.24) is 19.9 Å². The highest BCUT2D eigenvalue weighted by Gasteiger charge is 2.31. The zero-order valence-corrected chi connectivity index (χ0v) is 18.3. The lowest BCUT2D eigenvalue weighted by Gasteiger charge is -2.36. The minimum absolute atomic E-state index is 0.102. The van der Waals surface area contributed by atoms with Gasteiger partial charge in [0, 0.05) is 31.9 Å². The maximum atomic E-state index is 13.2. The summed E-state index contributed by atoms with van der Waals surface area (Å²) in [5.74, 6) is -0.383. The van der Waals surface area contributed by atoms with Crippen molar-refractivity contribution in [2.24, 2.45) is 0 Å². The van der Waals surface area contributed by atoms with E-state index in [1.165, 1.54) is 28.9 Å². The Balaban J connectivity index is 1.25. The number of fused-ring (bicyclic) bond motifs is 1. The van der Waals surface area contributed by atoms with Crippen LogP contribution < -0.4 is 4.90 Å². The van der Waals surface area contributed by atoms with Crippen molar-refractivity contribution in [3.63, 3.8) is 0 Å². The van der Waals surface area contributed by atoms with Crippen LogP contribution in [0.3, 0.4) is 0 Å². The van der Waals surface area contributed by atoms with Crippen LogP contribution in [-0.2, 0) is 17.9 Å². The Bertz CT molecular complexity index is 1140. The molecule has 8 heteroatoms. The number of ether oxygens (including phenoxy) is 1. The van der Waals surface area contributed by atoms with Crippen molar-refractivity contribution in [1.29, 1.82) is 0 Å². The minimum Gasteiger partial charge on any atom is -0.368 e. The second-order valence-corrected chi connectivity index (χ2v) is 8.49. The van der Waals surface area contributed by atoms with Gasteiger partial charge < -0.3 is 14.5 Å². The third kappa shape index (κ3) is 3.86. The Labute approximate surface area is 186 Å². The van der Waals surface area contributed by atoms with Gasteiger partial charge in [0.05, 0.1) is 18.8 Å². The Kier molecular flexibility index (Phi) is 5.38. The van der Waals surface area contributed by atoms with Crippen molar-refractivity contribution in [2.45, 2.75) is 33.1 Å². The van der Waals surface area contributed by atoms with Crippen LogP contribution in [0.25, 0.3) is 0 Å². The van der Waals surface area contributed by atoms with E-state index in [2.05, 4.69) is 47.3 Å². The van der Waals surface area contributed by atoms with Gasteiger partial charge in [0.25, 0.3) is 5.91 Å². The number of carbonyl (C=O) groups is 1. The van der Waals surface area contributed by atoms with E-state index in [1.54, 1.807) is 16.8 Å². The second kappa shape index (κ2) is 8.35. The summed E-state index contributed by atoms with van der Waals surface area (Å²) in [6.45, 7) is 7.75. The predicted octanol–water partition coefficient (Wildman–Crippen LogP) is 3.27. The Morgan fingerprint density at radius 1 is 1.06 bits per heavy atom. The van der Waals surface area contributed by atoms with Gasteiger partial charge in [0.2, 0.25) is 0 Å². The van der Waals surface area contributed by atoms with Crippen molar-refractivity contribution in [2.75, 3.05) is 31.1 Å². The van der Waals surface area contributed by atoms with Gasteiger partial charge in [-0.25, -0.2) is 9.07 Å². The molecular formula is C24H26FN5O2. The summed E-state index contributed by atoms with van der Waals surface area (Å²) in [5, 5.41) is 8.39. The number of hydrogen-bond donors (Lipinski definition) is 0. The van der Waals surface area contributed by atoms with E-state index >= 15 is 0 Å². The molecule has 5 rings (SSSR count). The van der Waals surface area contributed by atoms with Crippen LogP contribution in [0.15, 0.2) is 42.5 Å². The van der Waals surface area contributed by atoms with Crippen LogP contribution in [0.1, 0.15) is 39.0 Å². The summed E-state index contributed by atoms with van der Waals surface area (Å²) in [7, 11) is 0. The van der Waals surface area contributed by atoms with Gasteiger partial charge in [0.15, 0.2) is 5.69 Å². The predicted molar refractivity (Wildman–Crippen MR) is 118 cm³/mol. The molecule has 1 saturated heterocycles. The first-order valence-electron chi connectivity index (χ1n) is 10.9. The van der Waals surface area contributed by atoms with Gasteiger partial charge in [0.1, 0.15) is 11.9 Å². The number of nitrogens with zero attached hydrogens (tertiary/aromatic N) is 5. The minimum atomic E-state index is -0.281. The normalized spacial score (nSPS) is 18.5. The summed E-state index contributed by atoms with van der Waals surface area (Å²) >= 11 is 0. The summed E-state index contributed by atoms with van der Waals surface area (Å²) in [4.78, 5) is 17.3. The van der Waals surface area contributed by atoms with Crippen LogP contribution in [-0.4, -0.2) is 52.0 Å². The number of aryl methyl sites for hydroxylation is 2. The molecule has 1 unspecified atom stereocenters. The number of aromatic nitrogens is 3. The molecule has 0 radical (unpaired) electrons. The Morgan fingerprint density at radius 2 is 1.81 bits per heavy atom. The molecule has 0 N–H and O–H groups in total. The summed E-state index contributed by atoms with van der Waals surface area (Å²) in [6, 6.07) is 12.7. The second-order valence-electron chi connectivity index (χ2n) is 8.49.